The molecule has 1 aromatic heterocycles. The van der Waals surface area contributed by atoms with E-state index in [-0.39, 0.29) is 0 Å². The first kappa shape index (κ1) is 6.34. The molecule has 9 heavy (non-hydrogen) atoms. The van der Waals surface area contributed by atoms with E-state index in [1.807, 2.05) is 6.92 Å². The van der Waals surface area contributed by atoms with E-state index < -0.39 is 0 Å². The Morgan fingerprint density at radius 2 is 2.56 bits per heavy atom. The van der Waals surface area contributed by atoms with E-state index in [2.05, 4.69) is 29.1 Å². The monoisotopic (exact) mass is 136 g/mol. The maximum absolute atomic E-state index is 3.56. The Morgan fingerprint density at radius 1 is 1.78 bits per heavy atom. The third-order valence-electron chi connectivity index (χ3n) is 1.22. The number of hydrogen-bond acceptors (Lipinski definition) is 1. The van der Waals surface area contributed by atoms with Crippen LogP contribution in [0.1, 0.15) is 12.5 Å². The lowest BCUT2D eigenvalue weighted by Crippen LogP contribution is -1.66. The highest BCUT2D eigenvalue weighted by atomic mass is 32.1. The van der Waals surface area contributed by atoms with Crippen LogP contribution in [0.25, 0.3) is 5.57 Å². The van der Waals surface area contributed by atoms with Gasteiger partial charge in [0.05, 0.1) is 0 Å². The van der Waals surface area contributed by atoms with Crippen molar-refractivity contribution in [3.63, 3.8) is 0 Å². The van der Waals surface area contributed by atoms with E-state index in [0.29, 0.717) is 0 Å². The minimum absolute atomic E-state index is 1.12. The zero-order valence-corrected chi connectivity index (χ0v) is 6.16. The van der Waals surface area contributed by atoms with E-state index in [9.17, 15) is 0 Å². The van der Waals surface area contributed by atoms with Crippen LogP contribution < -0.4 is 0 Å². The predicted molar refractivity (Wildman–Crippen MR) is 42.5 cm³/mol. The average molecular weight is 136 g/mol. The highest BCUT2D eigenvalue weighted by molar-refractivity contribution is 7.08. The second-order valence-corrected chi connectivity index (χ2v) is 2.59. The first-order valence-electron chi connectivity index (χ1n) is 2.74. The zero-order valence-electron chi connectivity index (χ0n) is 5.35. The number of thiophene rings is 1. The molecule has 1 aromatic rings. The van der Waals surface area contributed by atoms with Gasteiger partial charge in [0.1, 0.15) is 0 Å². The summed E-state index contributed by atoms with van der Waals surface area (Å²) in [6.07, 6.45) is 0. The van der Waals surface area contributed by atoms with Gasteiger partial charge in [-0.3, -0.25) is 0 Å². The molecule has 0 N–H and O–H groups in total. The van der Waals surface area contributed by atoms with Crippen LogP contribution in [0.15, 0.2) is 29.1 Å². The molecule has 0 spiro atoms. The van der Waals surface area contributed by atoms with E-state index in [1.165, 1.54) is 5.56 Å². The molecule has 0 aromatic carbocycles. The molecule has 46 valence electrons. The molecule has 1 heteroatoms. The molecular weight excluding hydrogens is 128 g/mol. The lowest BCUT2D eigenvalue weighted by Gasteiger charge is -1.87. The van der Waals surface area contributed by atoms with Crippen molar-refractivity contribution in [2.45, 2.75) is 6.92 Å². The van der Waals surface area contributed by atoms with Gasteiger partial charge in [0.15, 0.2) is 0 Å². The minimum Gasteiger partial charge on any atom is -0.152 e. The van der Waals surface area contributed by atoms with Gasteiger partial charge in [-0.1, -0.05) is 6.58 Å². The molecule has 0 atom stereocenters. The van der Waals surface area contributed by atoms with Gasteiger partial charge in [0, 0.05) is 0 Å². The third-order valence-corrected chi connectivity index (χ3v) is 1.90. The van der Waals surface area contributed by atoms with E-state index in [0.717, 1.165) is 5.57 Å². The van der Waals surface area contributed by atoms with Gasteiger partial charge < -0.3 is 0 Å². The van der Waals surface area contributed by atoms with Crippen LogP contribution in [0.3, 0.4) is 0 Å². The SMILES string of the molecule is C=C=C(C)c1ccsc1. The Morgan fingerprint density at radius 3 is 3.00 bits per heavy atom. The van der Waals surface area contributed by atoms with Crippen molar-refractivity contribution in [1.82, 2.24) is 0 Å². The first-order valence-corrected chi connectivity index (χ1v) is 3.68. The summed E-state index contributed by atoms with van der Waals surface area (Å²) in [7, 11) is 0. The number of rotatable bonds is 1. The second kappa shape index (κ2) is 2.67. The fourth-order valence-corrected chi connectivity index (χ4v) is 1.29. The molecule has 0 amide bonds. The zero-order chi connectivity index (χ0) is 6.69. The molecule has 0 nitrogen and oxygen atoms in total. The van der Waals surface area contributed by atoms with E-state index in [4.69, 9.17) is 0 Å². The van der Waals surface area contributed by atoms with Crippen molar-refractivity contribution in [2.24, 2.45) is 0 Å². The summed E-state index contributed by atoms with van der Waals surface area (Å²) < 4.78 is 0. The highest BCUT2D eigenvalue weighted by Gasteiger charge is 1.90. The molecule has 0 saturated carbocycles. The molecule has 0 aliphatic carbocycles. The molecule has 0 aliphatic heterocycles. The van der Waals surface area contributed by atoms with Crippen LogP contribution in [0, 0.1) is 0 Å². The van der Waals surface area contributed by atoms with Gasteiger partial charge in [-0.15, -0.1) is 5.73 Å². The van der Waals surface area contributed by atoms with E-state index >= 15 is 0 Å². The summed E-state index contributed by atoms with van der Waals surface area (Å²) in [6.45, 7) is 5.57. The fraction of sp³-hybridized carbons (Fsp3) is 0.125. The standard InChI is InChI=1S/C8H8S/c1-3-7(2)8-4-5-9-6-8/h4-6H,1H2,2H3. The smallest absolute Gasteiger partial charge is 0.00119 e. The molecule has 0 bridgehead atoms. The number of hydrogen-bond donors (Lipinski definition) is 0. The van der Waals surface area contributed by atoms with Crippen molar-refractivity contribution in [3.05, 3.63) is 34.7 Å². The lowest BCUT2D eigenvalue weighted by atomic mass is 10.2. The summed E-state index contributed by atoms with van der Waals surface area (Å²) >= 11 is 1.69. The Kier molecular flexibility index (Phi) is 1.88. The molecule has 1 rings (SSSR count). The van der Waals surface area contributed by atoms with Crippen molar-refractivity contribution in [1.29, 1.82) is 0 Å². The van der Waals surface area contributed by atoms with E-state index in [1.54, 1.807) is 11.3 Å². The lowest BCUT2D eigenvalue weighted by molar-refractivity contribution is 1.68. The largest absolute Gasteiger partial charge is 0.152 e. The van der Waals surface area contributed by atoms with Crippen LogP contribution in [0.4, 0.5) is 0 Å². The Labute approximate surface area is 59.2 Å². The van der Waals surface area contributed by atoms with Crippen molar-refractivity contribution < 1.29 is 0 Å². The second-order valence-electron chi connectivity index (χ2n) is 1.81. The maximum Gasteiger partial charge on any atom is -0.00119 e. The predicted octanol–water partition coefficient (Wildman–Crippen LogP) is 2.94. The van der Waals surface area contributed by atoms with Crippen LogP contribution >= 0.6 is 11.3 Å². The van der Waals surface area contributed by atoms with Crippen molar-refractivity contribution in [3.8, 4) is 0 Å². The van der Waals surface area contributed by atoms with Gasteiger partial charge in [-0.05, 0) is 34.9 Å². The Bertz CT molecular complexity index is 225. The van der Waals surface area contributed by atoms with Crippen molar-refractivity contribution >= 4 is 16.9 Å². The Hall–Kier alpha value is -0.780. The maximum atomic E-state index is 3.56. The van der Waals surface area contributed by atoms with Gasteiger partial charge >= 0.3 is 0 Å². The summed E-state index contributed by atoms with van der Waals surface area (Å²) in [5.74, 6) is 0. The minimum atomic E-state index is 1.12. The quantitative estimate of drug-likeness (QED) is 0.521. The van der Waals surface area contributed by atoms with Crippen LogP contribution in [0.2, 0.25) is 0 Å². The van der Waals surface area contributed by atoms with Gasteiger partial charge in [0.2, 0.25) is 0 Å². The van der Waals surface area contributed by atoms with Gasteiger partial charge in [-0.25, -0.2) is 0 Å². The molecule has 0 aliphatic rings. The normalized spacial score (nSPS) is 8.56. The average Bonchev–Trinajstić information content (AvgIpc) is 2.37. The molecule has 0 unspecified atom stereocenters. The van der Waals surface area contributed by atoms with Gasteiger partial charge in [-0.2, -0.15) is 11.3 Å². The van der Waals surface area contributed by atoms with Gasteiger partial charge in [0.25, 0.3) is 0 Å². The summed E-state index contributed by atoms with van der Waals surface area (Å²) in [5, 5.41) is 4.14. The van der Waals surface area contributed by atoms with Crippen LogP contribution in [-0.2, 0) is 0 Å². The third kappa shape index (κ3) is 1.32. The highest BCUT2D eigenvalue weighted by Crippen LogP contribution is 2.14. The summed E-state index contributed by atoms with van der Waals surface area (Å²) in [5.41, 5.74) is 5.19. The molecule has 1 heterocycles. The molecule has 0 saturated heterocycles. The van der Waals surface area contributed by atoms with Crippen LogP contribution in [-0.4, -0.2) is 0 Å². The topological polar surface area (TPSA) is 0 Å². The van der Waals surface area contributed by atoms with Crippen molar-refractivity contribution in [2.75, 3.05) is 0 Å². The molecule has 0 fully saturated rings. The summed E-state index contributed by atoms with van der Waals surface area (Å²) in [4.78, 5) is 0. The fourth-order valence-electron chi connectivity index (χ4n) is 0.580. The Balaban J connectivity index is 3.03. The molecule has 0 radical (unpaired) electrons. The van der Waals surface area contributed by atoms with Crippen LogP contribution in [0.5, 0.6) is 0 Å². The molecular formula is C8H8S. The summed E-state index contributed by atoms with van der Waals surface area (Å²) in [6, 6.07) is 2.07. The number of allylic oxidation sites excluding steroid dienone is 1. The first-order chi connectivity index (χ1) is 4.34.